The first-order valence-electron chi connectivity index (χ1n) is 13.8. The van der Waals surface area contributed by atoms with Gasteiger partial charge in [-0.1, -0.05) is 59.1 Å². The van der Waals surface area contributed by atoms with Crippen molar-refractivity contribution in [1.82, 2.24) is 20.2 Å². The summed E-state index contributed by atoms with van der Waals surface area (Å²) in [5.41, 5.74) is 7.87. The zero-order valence-corrected chi connectivity index (χ0v) is 26.1. The first kappa shape index (κ1) is 33.8. The van der Waals surface area contributed by atoms with E-state index in [0.29, 0.717) is 18.2 Å². The number of halogens is 5. The second kappa shape index (κ2) is 16.2. The van der Waals surface area contributed by atoms with Gasteiger partial charge in [0, 0.05) is 37.3 Å². The molecule has 0 saturated carbocycles. The second-order valence-electron chi connectivity index (χ2n) is 9.81. The predicted octanol–water partition coefficient (Wildman–Crippen LogP) is 6.93. The molecular weight excluding hydrogens is 609 g/mol. The van der Waals surface area contributed by atoms with Crippen LogP contribution in [0.4, 0.5) is 8.78 Å². The van der Waals surface area contributed by atoms with Crippen LogP contribution in [0.3, 0.4) is 0 Å². The number of nitrogens with one attached hydrogen (secondary N) is 2. The summed E-state index contributed by atoms with van der Waals surface area (Å²) in [6.45, 7) is 8.99. The maximum atomic E-state index is 14.0. The second-order valence-corrected chi connectivity index (χ2v) is 11.1. The quantitative estimate of drug-likeness (QED) is 0.238. The normalized spacial score (nSPS) is 14.0. The molecule has 1 saturated heterocycles. The SMILES string of the molecule is C1CCNNC1.CCOC(=O)C(=C(Cl)Cl)c1ccc(C)cc1F.Cc1ccc(-c2c(Cl)n3n(c2=O)CCCC3)c(F)c1. The Hall–Kier alpha value is -2.69. The largest absolute Gasteiger partial charge is 0.462 e. The fourth-order valence-electron chi connectivity index (χ4n) is 4.49. The van der Waals surface area contributed by atoms with E-state index in [1.54, 1.807) is 41.4 Å². The number of nitrogens with zero attached hydrogens (tertiary/aromatic N) is 2. The van der Waals surface area contributed by atoms with E-state index in [4.69, 9.17) is 39.5 Å². The number of ether oxygens (including phenoxy) is 1. The fraction of sp³-hybridized carbons (Fsp3) is 0.400. The van der Waals surface area contributed by atoms with Crippen LogP contribution in [0.1, 0.15) is 49.3 Å². The van der Waals surface area contributed by atoms with E-state index in [9.17, 15) is 18.4 Å². The number of aromatic nitrogens is 2. The summed E-state index contributed by atoms with van der Waals surface area (Å²) in [5.74, 6) is -1.70. The van der Waals surface area contributed by atoms with Crippen LogP contribution >= 0.6 is 34.8 Å². The molecule has 3 heterocycles. The highest BCUT2D eigenvalue weighted by Gasteiger charge is 2.24. The topological polar surface area (TPSA) is 77.3 Å². The third-order valence-electron chi connectivity index (χ3n) is 6.60. The molecule has 2 N–H and O–H groups in total. The summed E-state index contributed by atoms with van der Waals surface area (Å²) in [5, 5.41) is 0.340. The number of rotatable bonds is 4. The van der Waals surface area contributed by atoms with E-state index in [2.05, 4.69) is 10.9 Å². The van der Waals surface area contributed by atoms with Gasteiger partial charge in [-0.05, 0) is 69.7 Å². The Morgan fingerprint density at radius 1 is 0.905 bits per heavy atom. The molecule has 0 bridgehead atoms. The third-order valence-corrected chi connectivity index (χ3v) is 7.36. The molecule has 228 valence electrons. The molecule has 2 aliphatic heterocycles. The molecule has 12 heteroatoms. The van der Waals surface area contributed by atoms with Gasteiger partial charge in [-0.2, -0.15) is 0 Å². The average molecular weight is 644 g/mol. The smallest absolute Gasteiger partial charge is 0.341 e. The van der Waals surface area contributed by atoms with Crippen molar-refractivity contribution in [3.63, 3.8) is 0 Å². The maximum absolute atomic E-state index is 14.0. The molecule has 1 fully saturated rings. The van der Waals surface area contributed by atoms with E-state index in [-0.39, 0.29) is 38.9 Å². The Morgan fingerprint density at radius 2 is 1.48 bits per heavy atom. The molecule has 7 nitrogen and oxygen atoms in total. The van der Waals surface area contributed by atoms with E-state index in [0.717, 1.165) is 37.1 Å². The van der Waals surface area contributed by atoms with E-state index in [1.807, 2.05) is 6.92 Å². The van der Waals surface area contributed by atoms with E-state index >= 15 is 0 Å². The number of hydrogen-bond acceptors (Lipinski definition) is 5. The summed E-state index contributed by atoms with van der Waals surface area (Å²) in [7, 11) is 0. The fourth-order valence-corrected chi connectivity index (χ4v) is 5.21. The minimum atomic E-state index is -0.741. The van der Waals surface area contributed by atoms with Crippen LogP contribution < -0.4 is 16.4 Å². The molecule has 1 aromatic heterocycles. The first-order valence-corrected chi connectivity index (χ1v) is 14.9. The van der Waals surface area contributed by atoms with Crippen molar-refractivity contribution >= 4 is 46.3 Å². The molecule has 5 rings (SSSR count). The van der Waals surface area contributed by atoms with Gasteiger partial charge in [0.15, 0.2) is 0 Å². The van der Waals surface area contributed by atoms with Crippen molar-refractivity contribution < 1.29 is 18.3 Å². The van der Waals surface area contributed by atoms with Gasteiger partial charge in [0.1, 0.15) is 21.3 Å². The summed E-state index contributed by atoms with van der Waals surface area (Å²) < 4.78 is 35.6. The first-order chi connectivity index (χ1) is 20.1. The number of hydrazine groups is 1. The zero-order valence-electron chi connectivity index (χ0n) is 23.8. The summed E-state index contributed by atoms with van der Waals surface area (Å²) in [6, 6.07) is 9.24. The molecule has 0 radical (unpaired) electrons. The number of fused-ring (bicyclic) bond motifs is 1. The van der Waals surface area contributed by atoms with Crippen LogP contribution in [0.15, 0.2) is 45.7 Å². The van der Waals surface area contributed by atoms with Crippen LogP contribution in [0.25, 0.3) is 16.7 Å². The Bertz CT molecular complexity index is 1470. The van der Waals surface area contributed by atoms with Gasteiger partial charge >= 0.3 is 5.97 Å². The van der Waals surface area contributed by atoms with Gasteiger partial charge in [-0.15, -0.1) is 0 Å². The summed E-state index contributed by atoms with van der Waals surface area (Å²) in [4.78, 5) is 24.0. The Kier molecular flexibility index (Phi) is 13.1. The van der Waals surface area contributed by atoms with E-state index < -0.39 is 17.6 Å². The number of aryl methyl sites for hydroxylation is 2. The molecule has 0 spiro atoms. The molecule has 2 aliphatic rings. The third kappa shape index (κ3) is 8.67. The molecule has 0 unspecified atom stereocenters. The lowest BCUT2D eigenvalue weighted by molar-refractivity contribution is -0.136. The Morgan fingerprint density at radius 3 is 1.95 bits per heavy atom. The van der Waals surface area contributed by atoms with Gasteiger partial charge in [-0.3, -0.25) is 20.3 Å². The molecular formula is C30H35Cl3F2N4O3. The standard InChI is InChI=1S/C14H14ClFN2O.C12H11Cl2FO2.C4H10N2/c1-9-4-5-10(11(16)8-9)12-13(15)17-6-2-3-7-18(17)14(12)19;1-3-17-12(16)10(11(13)14)8-5-4-7(2)6-9(8)15;1-2-4-6-5-3-1/h4-5,8H,2-3,6-7H2,1H3;4-6H,3H2,1-2H3;5-6H,1-4H2. The molecule has 2 aromatic carbocycles. The monoisotopic (exact) mass is 642 g/mol. The lowest BCUT2D eigenvalue weighted by Gasteiger charge is -2.17. The highest BCUT2D eigenvalue weighted by molar-refractivity contribution is 6.61. The molecule has 0 atom stereocenters. The van der Waals surface area contributed by atoms with Gasteiger partial charge in [0.2, 0.25) is 0 Å². The predicted molar refractivity (Wildman–Crippen MR) is 165 cm³/mol. The number of esters is 1. The van der Waals surface area contributed by atoms with Crippen LogP contribution in [0, 0.1) is 25.5 Å². The number of benzene rings is 2. The van der Waals surface area contributed by atoms with Crippen molar-refractivity contribution in [1.29, 1.82) is 0 Å². The molecule has 42 heavy (non-hydrogen) atoms. The highest BCUT2D eigenvalue weighted by Crippen LogP contribution is 2.30. The molecule has 0 aliphatic carbocycles. The molecule has 3 aromatic rings. The van der Waals surface area contributed by atoms with Gasteiger partial charge in [0.05, 0.1) is 17.7 Å². The van der Waals surface area contributed by atoms with Crippen molar-refractivity contribution in [2.75, 3.05) is 19.7 Å². The number of carbonyl (C=O) groups is 1. The number of hydrogen-bond donors (Lipinski definition) is 2. The maximum Gasteiger partial charge on any atom is 0.341 e. The van der Waals surface area contributed by atoms with Gasteiger partial charge in [-0.25, -0.2) is 18.3 Å². The van der Waals surface area contributed by atoms with Crippen LogP contribution in [-0.2, 0) is 22.6 Å². The Labute approximate surface area is 259 Å². The van der Waals surface area contributed by atoms with Crippen molar-refractivity contribution in [3.05, 3.63) is 84.7 Å². The number of carbonyl (C=O) groups excluding carboxylic acids is 1. The van der Waals surface area contributed by atoms with Crippen LogP contribution in [0.5, 0.6) is 0 Å². The van der Waals surface area contributed by atoms with Gasteiger partial charge < -0.3 is 4.74 Å². The minimum Gasteiger partial charge on any atom is -0.462 e. The lowest BCUT2D eigenvalue weighted by atomic mass is 10.1. The summed E-state index contributed by atoms with van der Waals surface area (Å²) >= 11 is 17.5. The summed E-state index contributed by atoms with van der Waals surface area (Å²) in [6.07, 6.45) is 4.60. The minimum absolute atomic E-state index is 0.0362. The van der Waals surface area contributed by atoms with Crippen LogP contribution in [-0.4, -0.2) is 35.0 Å². The van der Waals surface area contributed by atoms with Crippen molar-refractivity contribution in [2.45, 2.75) is 59.5 Å². The average Bonchev–Trinajstić information content (AvgIpc) is 3.21. The zero-order chi connectivity index (χ0) is 30.8. The highest BCUT2D eigenvalue weighted by atomic mass is 35.5. The Balaban J connectivity index is 0.000000194. The van der Waals surface area contributed by atoms with Crippen molar-refractivity contribution in [3.8, 4) is 11.1 Å². The molecule has 0 amide bonds. The van der Waals surface area contributed by atoms with Gasteiger partial charge in [0.25, 0.3) is 5.56 Å². The van der Waals surface area contributed by atoms with Crippen LogP contribution in [0.2, 0.25) is 5.15 Å². The van der Waals surface area contributed by atoms with E-state index in [1.165, 1.54) is 31.0 Å². The lowest BCUT2D eigenvalue weighted by Crippen LogP contribution is -2.37. The van der Waals surface area contributed by atoms with Crippen molar-refractivity contribution in [2.24, 2.45) is 0 Å².